The van der Waals surface area contributed by atoms with Gasteiger partial charge in [-0.25, -0.2) is 18.7 Å². The van der Waals surface area contributed by atoms with Crippen LogP contribution in [0.2, 0.25) is 0 Å². The van der Waals surface area contributed by atoms with Crippen LogP contribution in [0, 0.1) is 23.4 Å². The first-order valence-electron chi connectivity index (χ1n) is 13.7. The van der Waals surface area contributed by atoms with Crippen LogP contribution in [0.3, 0.4) is 0 Å². The number of nitrogens with one attached hydrogen (secondary N) is 1. The Morgan fingerprint density at radius 2 is 1.90 bits per heavy atom. The number of hydroxylamine groups is 1. The van der Waals surface area contributed by atoms with Crippen molar-refractivity contribution in [2.75, 3.05) is 39.2 Å². The maximum absolute atomic E-state index is 13.6. The van der Waals surface area contributed by atoms with Crippen molar-refractivity contribution >= 4 is 22.5 Å². The van der Waals surface area contributed by atoms with Crippen LogP contribution < -0.4 is 15.1 Å². The van der Waals surface area contributed by atoms with E-state index in [1.165, 1.54) is 5.56 Å². The number of hydrogen-bond donors (Lipinski definition) is 2. The molecule has 216 valence electrons. The summed E-state index contributed by atoms with van der Waals surface area (Å²) in [4.78, 5) is 21.2. The molecule has 2 unspecified atom stereocenters. The number of halogens is 3. The van der Waals surface area contributed by atoms with Gasteiger partial charge in [0.05, 0.1) is 24.5 Å². The molecule has 10 heteroatoms. The summed E-state index contributed by atoms with van der Waals surface area (Å²) < 4.78 is 46.0. The molecule has 2 atom stereocenters. The maximum Gasteiger partial charge on any atom is 0.246 e. The molecule has 0 spiro atoms. The number of piperidine rings is 1. The number of carbonyl (C=O) groups excluding carboxylic acids is 1. The Morgan fingerprint density at radius 3 is 2.58 bits per heavy atom. The zero-order valence-corrected chi connectivity index (χ0v) is 23.2. The number of nitrogens with zero attached hydrogens (tertiary/aromatic N) is 3. The fraction of sp³-hybridized carbons (Fsp3) is 0.467. The van der Waals surface area contributed by atoms with Crippen LogP contribution >= 0.6 is 0 Å². The summed E-state index contributed by atoms with van der Waals surface area (Å²) in [6, 6.07) is 8.06. The first-order chi connectivity index (χ1) is 19.2. The molecule has 40 heavy (non-hydrogen) atoms. The highest BCUT2D eigenvalue weighted by Crippen LogP contribution is 2.32. The van der Waals surface area contributed by atoms with Gasteiger partial charge >= 0.3 is 0 Å². The van der Waals surface area contributed by atoms with Crippen LogP contribution in [0.25, 0.3) is 10.9 Å². The summed E-state index contributed by atoms with van der Waals surface area (Å²) in [7, 11) is 5.63. The highest BCUT2D eigenvalue weighted by molar-refractivity contribution is 5.88. The highest BCUT2D eigenvalue weighted by Gasteiger charge is 2.31. The van der Waals surface area contributed by atoms with E-state index in [2.05, 4.69) is 14.8 Å². The zero-order valence-electron chi connectivity index (χ0n) is 23.2. The number of fused-ring (bicyclic) bond motifs is 1. The number of likely N-dealkylation sites (tertiary alicyclic amines) is 1. The maximum atomic E-state index is 13.6. The molecule has 2 heterocycles. The number of aromatic nitrogens is 1. The van der Waals surface area contributed by atoms with E-state index in [0.717, 1.165) is 53.7 Å². The Hall–Kier alpha value is -3.37. The monoisotopic (exact) mass is 558 g/mol. The number of amides is 1. The minimum atomic E-state index is -1.45. The minimum Gasteiger partial charge on any atom is -0.497 e. The molecule has 3 aromatic rings. The molecule has 0 bridgehead atoms. The molecule has 4 rings (SSSR count). The molecule has 1 aliphatic rings. The van der Waals surface area contributed by atoms with Crippen molar-refractivity contribution in [2.24, 2.45) is 5.92 Å². The van der Waals surface area contributed by atoms with Gasteiger partial charge in [-0.2, -0.15) is 0 Å². The molecular weight excluding hydrogens is 521 g/mol. The standard InChI is InChI=1S/C30H37F3N4O3/c1-36(2)28-18-34-27-10-9-22(40-3)17-24(27)23(28)8-4-7-21-16-20(30(38)35-39)11-13-37(21)12-5-6-19-14-25(31)29(33)26(32)15-19/h9-10,14-15,17-18,20-21,39H,4-8,11-13,16H2,1-3H3,(H,35,38). The normalized spacial score (nSPS) is 17.7. The number of aryl methyl sites for hydroxylation is 2. The molecule has 1 aliphatic heterocycles. The Morgan fingerprint density at radius 1 is 1.15 bits per heavy atom. The molecule has 0 aliphatic carbocycles. The number of benzene rings is 2. The van der Waals surface area contributed by atoms with Crippen molar-refractivity contribution in [1.82, 2.24) is 15.4 Å². The van der Waals surface area contributed by atoms with E-state index in [1.807, 2.05) is 38.5 Å². The van der Waals surface area contributed by atoms with Gasteiger partial charge in [0.15, 0.2) is 17.5 Å². The smallest absolute Gasteiger partial charge is 0.246 e. The van der Waals surface area contributed by atoms with E-state index < -0.39 is 17.5 Å². The van der Waals surface area contributed by atoms with Crippen LogP contribution in [0.4, 0.5) is 18.9 Å². The minimum absolute atomic E-state index is 0.100. The lowest BCUT2D eigenvalue weighted by molar-refractivity contribution is -0.135. The van der Waals surface area contributed by atoms with E-state index >= 15 is 0 Å². The Bertz CT molecular complexity index is 1310. The number of pyridine rings is 1. The number of rotatable bonds is 11. The van der Waals surface area contributed by atoms with Gasteiger partial charge in [0.1, 0.15) is 5.75 Å². The van der Waals surface area contributed by atoms with Crippen molar-refractivity contribution in [2.45, 2.75) is 51.0 Å². The van der Waals surface area contributed by atoms with Gasteiger partial charge in [0, 0.05) is 31.4 Å². The van der Waals surface area contributed by atoms with Crippen molar-refractivity contribution in [3.63, 3.8) is 0 Å². The first-order valence-corrected chi connectivity index (χ1v) is 13.7. The Kier molecular flexibility index (Phi) is 9.86. The van der Waals surface area contributed by atoms with Crippen LogP contribution in [0.1, 0.15) is 43.2 Å². The number of hydrogen-bond acceptors (Lipinski definition) is 6. The molecule has 1 saturated heterocycles. The van der Waals surface area contributed by atoms with Crippen LogP contribution in [0.15, 0.2) is 36.5 Å². The number of anilines is 1. The van der Waals surface area contributed by atoms with E-state index in [4.69, 9.17) is 4.74 Å². The van der Waals surface area contributed by atoms with Crippen molar-refractivity contribution in [3.05, 3.63) is 65.1 Å². The van der Waals surface area contributed by atoms with Gasteiger partial charge in [0.2, 0.25) is 5.91 Å². The molecule has 2 aromatic carbocycles. The third-order valence-electron chi connectivity index (χ3n) is 7.88. The van der Waals surface area contributed by atoms with Crippen molar-refractivity contribution in [3.8, 4) is 5.75 Å². The van der Waals surface area contributed by atoms with Gasteiger partial charge in [-0.15, -0.1) is 0 Å². The SMILES string of the molecule is COc1ccc2ncc(N(C)C)c(CCCC3CC(C(=O)NO)CCN3CCCc3cc(F)c(F)c(F)c3)c2c1. The first kappa shape index (κ1) is 29.6. The third kappa shape index (κ3) is 6.85. The Labute approximate surface area is 232 Å². The Balaban J connectivity index is 1.46. The molecule has 0 saturated carbocycles. The van der Waals surface area contributed by atoms with Crippen molar-refractivity contribution in [1.29, 1.82) is 0 Å². The number of ether oxygens (including phenoxy) is 1. The van der Waals surface area contributed by atoms with Crippen LogP contribution in [-0.4, -0.2) is 61.3 Å². The van der Waals surface area contributed by atoms with Crippen LogP contribution in [0.5, 0.6) is 5.75 Å². The summed E-state index contributed by atoms with van der Waals surface area (Å²) in [5.41, 5.74) is 5.33. The summed E-state index contributed by atoms with van der Waals surface area (Å²) in [6.07, 6.45) is 6.65. The van der Waals surface area contributed by atoms with E-state index in [-0.39, 0.29) is 17.9 Å². The zero-order chi connectivity index (χ0) is 28.8. The second-order valence-corrected chi connectivity index (χ2v) is 10.7. The molecule has 1 amide bonds. The average Bonchev–Trinajstić information content (AvgIpc) is 2.95. The molecule has 1 aromatic heterocycles. The van der Waals surface area contributed by atoms with E-state index in [9.17, 15) is 23.2 Å². The lowest BCUT2D eigenvalue weighted by Gasteiger charge is -2.39. The average molecular weight is 559 g/mol. The summed E-state index contributed by atoms with van der Waals surface area (Å²) in [5.74, 6) is -3.70. The second-order valence-electron chi connectivity index (χ2n) is 10.7. The van der Waals surface area contributed by atoms with Gasteiger partial charge in [-0.05, 0) is 99.5 Å². The molecule has 1 fully saturated rings. The van der Waals surface area contributed by atoms with Gasteiger partial charge in [0.25, 0.3) is 0 Å². The molecule has 0 radical (unpaired) electrons. The molecule has 2 N–H and O–H groups in total. The second kappa shape index (κ2) is 13.3. The number of carbonyl (C=O) groups is 1. The lowest BCUT2D eigenvalue weighted by atomic mass is 9.87. The predicted molar refractivity (Wildman–Crippen MR) is 148 cm³/mol. The topological polar surface area (TPSA) is 77.9 Å². The fourth-order valence-electron chi connectivity index (χ4n) is 5.77. The summed E-state index contributed by atoms with van der Waals surface area (Å²) >= 11 is 0. The fourth-order valence-corrected chi connectivity index (χ4v) is 5.77. The quantitative estimate of drug-likeness (QED) is 0.190. The molecule has 7 nitrogen and oxygen atoms in total. The van der Waals surface area contributed by atoms with Crippen LogP contribution in [-0.2, 0) is 17.6 Å². The van der Waals surface area contributed by atoms with E-state index in [0.29, 0.717) is 44.3 Å². The van der Waals surface area contributed by atoms with Gasteiger partial charge in [-0.3, -0.25) is 15.0 Å². The number of methoxy groups -OCH3 is 1. The van der Waals surface area contributed by atoms with E-state index in [1.54, 1.807) is 12.6 Å². The lowest BCUT2D eigenvalue weighted by Crippen LogP contribution is -2.46. The van der Waals surface area contributed by atoms with Gasteiger partial charge in [-0.1, -0.05) is 0 Å². The van der Waals surface area contributed by atoms with Gasteiger partial charge < -0.3 is 14.5 Å². The summed E-state index contributed by atoms with van der Waals surface area (Å²) in [5, 5.41) is 10.2. The van der Waals surface area contributed by atoms with Crippen molar-refractivity contribution < 1.29 is 27.9 Å². The highest BCUT2D eigenvalue weighted by atomic mass is 19.2. The summed E-state index contributed by atoms with van der Waals surface area (Å²) in [6.45, 7) is 1.35. The molecular formula is C30H37F3N4O3. The predicted octanol–water partition coefficient (Wildman–Crippen LogP) is 5.27. The largest absolute Gasteiger partial charge is 0.497 e. The third-order valence-corrected chi connectivity index (χ3v) is 7.88.